The zero-order valence-corrected chi connectivity index (χ0v) is 19.3. The van der Waals surface area contributed by atoms with E-state index in [9.17, 15) is 9.59 Å². The van der Waals surface area contributed by atoms with Gasteiger partial charge in [0.25, 0.3) is 5.56 Å². The Balaban J connectivity index is 1.47. The highest BCUT2D eigenvalue weighted by molar-refractivity contribution is 5.90. The Morgan fingerprint density at radius 3 is 2.06 bits per heavy atom. The molecule has 1 aromatic heterocycles. The molecular formula is C28H28N2O4. The van der Waals surface area contributed by atoms with Gasteiger partial charge in [0, 0.05) is 29.8 Å². The number of pyridine rings is 1. The molecule has 34 heavy (non-hydrogen) atoms. The summed E-state index contributed by atoms with van der Waals surface area (Å²) in [6.45, 7) is 0.357. The van der Waals surface area contributed by atoms with Crippen LogP contribution in [0.2, 0.25) is 0 Å². The number of carbonyl (C=O) groups excluding carboxylic acids is 1. The topological polar surface area (TPSA) is 80.4 Å². The Hall–Kier alpha value is -4.06. The molecule has 0 saturated heterocycles. The van der Waals surface area contributed by atoms with E-state index in [2.05, 4.69) is 10.3 Å². The van der Waals surface area contributed by atoms with Gasteiger partial charge in [-0.2, -0.15) is 0 Å². The summed E-state index contributed by atoms with van der Waals surface area (Å²) in [5.41, 5.74) is 3.14. The molecule has 0 aliphatic heterocycles. The number of amides is 1. The first-order valence-corrected chi connectivity index (χ1v) is 11.2. The van der Waals surface area contributed by atoms with Gasteiger partial charge in [0.15, 0.2) is 0 Å². The molecule has 3 aromatic carbocycles. The number of carbonyl (C=O) groups is 1. The first-order chi connectivity index (χ1) is 16.6. The van der Waals surface area contributed by atoms with Gasteiger partial charge in [-0.05, 0) is 35.7 Å². The summed E-state index contributed by atoms with van der Waals surface area (Å²) in [5, 5.41) is 3.74. The monoisotopic (exact) mass is 456 g/mol. The van der Waals surface area contributed by atoms with E-state index in [0.29, 0.717) is 42.0 Å². The lowest BCUT2D eigenvalue weighted by Gasteiger charge is -2.18. The van der Waals surface area contributed by atoms with Crippen LogP contribution in [0.5, 0.6) is 11.5 Å². The molecule has 4 rings (SSSR count). The van der Waals surface area contributed by atoms with Gasteiger partial charge in [-0.3, -0.25) is 9.59 Å². The van der Waals surface area contributed by atoms with Crippen LogP contribution in [0.15, 0.2) is 83.7 Å². The van der Waals surface area contributed by atoms with E-state index in [-0.39, 0.29) is 17.4 Å². The van der Waals surface area contributed by atoms with Crippen LogP contribution < -0.4 is 20.3 Å². The lowest BCUT2D eigenvalue weighted by atomic mass is 9.88. The second kappa shape index (κ2) is 10.7. The van der Waals surface area contributed by atoms with Crippen LogP contribution in [-0.2, 0) is 11.2 Å². The molecule has 174 valence electrons. The molecule has 0 aliphatic carbocycles. The van der Waals surface area contributed by atoms with Gasteiger partial charge in [0.2, 0.25) is 5.91 Å². The van der Waals surface area contributed by atoms with E-state index in [1.54, 1.807) is 32.4 Å². The standard InChI is InChI=1S/C28H28N2O4/c1-33-24-13-14-25(34-2)27-23(24)17-21(28(32)30-27)15-16-29-26(31)18-22(19-9-5-3-6-10-19)20-11-7-4-8-12-20/h3-14,17,22H,15-16,18H2,1-2H3,(H,29,31)(H,30,32). The number of ether oxygens (including phenoxy) is 2. The SMILES string of the molecule is COc1ccc(OC)c2[nH]c(=O)c(CCNC(=O)CC(c3ccccc3)c3ccccc3)cc12. The summed E-state index contributed by atoms with van der Waals surface area (Å²) in [5.74, 6) is 1.11. The number of benzene rings is 3. The quantitative estimate of drug-likeness (QED) is 0.391. The minimum absolute atomic E-state index is 0.0387. The van der Waals surface area contributed by atoms with Gasteiger partial charge in [0.1, 0.15) is 11.5 Å². The van der Waals surface area contributed by atoms with E-state index < -0.39 is 0 Å². The summed E-state index contributed by atoms with van der Waals surface area (Å²) in [6.07, 6.45) is 0.728. The van der Waals surface area contributed by atoms with Crippen LogP contribution in [0.25, 0.3) is 10.9 Å². The van der Waals surface area contributed by atoms with Gasteiger partial charge < -0.3 is 19.8 Å². The van der Waals surface area contributed by atoms with Gasteiger partial charge in [-0.25, -0.2) is 0 Å². The number of methoxy groups -OCH3 is 2. The highest BCUT2D eigenvalue weighted by Crippen LogP contribution is 2.31. The number of nitrogens with one attached hydrogen (secondary N) is 2. The molecule has 1 heterocycles. The average Bonchev–Trinajstić information content (AvgIpc) is 2.88. The minimum Gasteiger partial charge on any atom is -0.496 e. The van der Waals surface area contributed by atoms with E-state index in [1.165, 1.54) is 0 Å². The van der Waals surface area contributed by atoms with Gasteiger partial charge in [-0.15, -0.1) is 0 Å². The molecule has 0 bridgehead atoms. The van der Waals surface area contributed by atoms with Gasteiger partial charge in [-0.1, -0.05) is 60.7 Å². The Morgan fingerprint density at radius 2 is 1.47 bits per heavy atom. The predicted octanol–water partition coefficient (Wildman–Crippen LogP) is 4.43. The fourth-order valence-corrected chi connectivity index (χ4v) is 4.21. The Kier molecular flexibility index (Phi) is 7.28. The molecular weight excluding hydrogens is 428 g/mol. The highest BCUT2D eigenvalue weighted by atomic mass is 16.5. The molecule has 4 aromatic rings. The molecule has 6 heteroatoms. The second-order valence-electron chi connectivity index (χ2n) is 8.06. The summed E-state index contributed by atoms with van der Waals surface area (Å²) in [7, 11) is 3.14. The first-order valence-electron chi connectivity index (χ1n) is 11.2. The number of rotatable bonds is 9. The van der Waals surface area contributed by atoms with Gasteiger partial charge in [0.05, 0.1) is 19.7 Å². The molecule has 0 radical (unpaired) electrons. The molecule has 0 aliphatic rings. The summed E-state index contributed by atoms with van der Waals surface area (Å²) in [4.78, 5) is 28.4. The smallest absolute Gasteiger partial charge is 0.251 e. The molecule has 2 N–H and O–H groups in total. The van der Waals surface area contributed by atoms with E-state index in [4.69, 9.17) is 9.47 Å². The van der Waals surface area contributed by atoms with Crippen molar-refractivity contribution < 1.29 is 14.3 Å². The lowest BCUT2D eigenvalue weighted by Crippen LogP contribution is -2.28. The number of aromatic amines is 1. The van der Waals surface area contributed by atoms with Gasteiger partial charge >= 0.3 is 0 Å². The highest BCUT2D eigenvalue weighted by Gasteiger charge is 2.18. The molecule has 6 nitrogen and oxygen atoms in total. The third-order valence-electron chi connectivity index (χ3n) is 5.97. The number of H-pyrrole nitrogens is 1. The number of hydrogen-bond donors (Lipinski definition) is 2. The van der Waals surface area contributed by atoms with Crippen molar-refractivity contribution in [3.8, 4) is 11.5 Å². The van der Waals surface area contributed by atoms with Crippen molar-refractivity contribution in [3.05, 3.63) is 106 Å². The van der Waals surface area contributed by atoms with Crippen LogP contribution >= 0.6 is 0 Å². The maximum absolute atomic E-state index is 12.8. The van der Waals surface area contributed by atoms with Crippen LogP contribution in [-0.4, -0.2) is 31.7 Å². The van der Waals surface area contributed by atoms with Crippen LogP contribution in [0.3, 0.4) is 0 Å². The van der Waals surface area contributed by atoms with E-state index >= 15 is 0 Å². The summed E-state index contributed by atoms with van der Waals surface area (Å²) < 4.78 is 10.8. The molecule has 0 saturated carbocycles. The zero-order chi connectivity index (χ0) is 23.9. The Bertz CT molecular complexity index is 1280. The van der Waals surface area contributed by atoms with Crippen LogP contribution in [0, 0.1) is 0 Å². The van der Waals surface area contributed by atoms with Crippen molar-refractivity contribution in [2.45, 2.75) is 18.8 Å². The summed E-state index contributed by atoms with van der Waals surface area (Å²) in [6, 6.07) is 25.4. The number of fused-ring (bicyclic) bond motifs is 1. The maximum atomic E-state index is 12.8. The fraction of sp³-hybridized carbons (Fsp3) is 0.214. The van der Waals surface area contributed by atoms with Crippen molar-refractivity contribution in [1.82, 2.24) is 10.3 Å². The van der Waals surface area contributed by atoms with Crippen molar-refractivity contribution >= 4 is 16.8 Å². The predicted molar refractivity (Wildman–Crippen MR) is 134 cm³/mol. The number of hydrogen-bond acceptors (Lipinski definition) is 4. The largest absolute Gasteiger partial charge is 0.496 e. The molecule has 0 fully saturated rings. The molecule has 0 spiro atoms. The normalized spacial score (nSPS) is 10.9. The Morgan fingerprint density at radius 1 is 0.882 bits per heavy atom. The van der Waals surface area contributed by atoms with Crippen molar-refractivity contribution in [2.75, 3.05) is 20.8 Å². The molecule has 0 atom stereocenters. The summed E-state index contributed by atoms with van der Waals surface area (Å²) >= 11 is 0. The maximum Gasteiger partial charge on any atom is 0.251 e. The van der Waals surface area contributed by atoms with E-state index in [1.807, 2.05) is 60.7 Å². The third-order valence-corrected chi connectivity index (χ3v) is 5.97. The Labute approximate surface area is 198 Å². The first kappa shape index (κ1) is 23.1. The average molecular weight is 457 g/mol. The van der Waals surface area contributed by atoms with Crippen molar-refractivity contribution in [3.63, 3.8) is 0 Å². The van der Waals surface area contributed by atoms with E-state index in [0.717, 1.165) is 16.5 Å². The minimum atomic E-state index is -0.209. The fourth-order valence-electron chi connectivity index (χ4n) is 4.21. The van der Waals surface area contributed by atoms with Crippen LogP contribution in [0.1, 0.15) is 29.0 Å². The van der Waals surface area contributed by atoms with Crippen LogP contribution in [0.4, 0.5) is 0 Å². The van der Waals surface area contributed by atoms with Crippen molar-refractivity contribution in [2.24, 2.45) is 0 Å². The zero-order valence-electron chi connectivity index (χ0n) is 19.3. The lowest BCUT2D eigenvalue weighted by molar-refractivity contribution is -0.121. The third kappa shape index (κ3) is 5.12. The van der Waals surface area contributed by atoms with Crippen molar-refractivity contribution in [1.29, 1.82) is 0 Å². The molecule has 1 amide bonds. The number of aromatic nitrogens is 1. The molecule has 0 unspecified atom stereocenters. The second-order valence-corrected chi connectivity index (χ2v) is 8.06.